The van der Waals surface area contributed by atoms with Crippen molar-refractivity contribution in [1.82, 2.24) is 9.55 Å². The van der Waals surface area contributed by atoms with Crippen LogP contribution in [0.3, 0.4) is 0 Å². The van der Waals surface area contributed by atoms with E-state index in [9.17, 15) is 9.59 Å². The zero-order valence-corrected chi connectivity index (χ0v) is 17.6. The zero-order chi connectivity index (χ0) is 20.3. The molecule has 0 saturated heterocycles. The van der Waals surface area contributed by atoms with Gasteiger partial charge in [-0.2, -0.15) is 0 Å². The predicted octanol–water partition coefficient (Wildman–Crippen LogP) is 4.76. The van der Waals surface area contributed by atoms with Gasteiger partial charge in [-0.15, -0.1) is 11.3 Å². The number of carbonyl (C=O) groups excluding carboxylic acids is 1. The Kier molecular flexibility index (Phi) is 6.29. The molecule has 0 N–H and O–H groups in total. The molecule has 3 rings (SSSR count). The molecule has 0 aliphatic heterocycles. The third-order valence-electron chi connectivity index (χ3n) is 4.97. The summed E-state index contributed by atoms with van der Waals surface area (Å²) in [4.78, 5) is 30.2. The van der Waals surface area contributed by atoms with Crippen molar-refractivity contribution in [3.8, 4) is 11.1 Å². The molecular weight excluding hydrogens is 372 g/mol. The van der Waals surface area contributed by atoms with E-state index in [1.165, 1.54) is 24.0 Å². The van der Waals surface area contributed by atoms with E-state index < -0.39 is 0 Å². The first-order valence-electron chi connectivity index (χ1n) is 9.64. The molecule has 0 fully saturated rings. The van der Waals surface area contributed by atoms with Crippen LogP contribution in [-0.2, 0) is 22.5 Å². The number of carbonyl (C=O) groups is 1. The summed E-state index contributed by atoms with van der Waals surface area (Å²) in [6, 6.07) is 8.38. The third kappa shape index (κ3) is 4.02. The molecule has 0 amide bonds. The van der Waals surface area contributed by atoms with Crippen molar-refractivity contribution in [2.75, 3.05) is 7.11 Å². The van der Waals surface area contributed by atoms with Gasteiger partial charge in [-0.3, -0.25) is 14.2 Å². The van der Waals surface area contributed by atoms with Gasteiger partial charge < -0.3 is 4.74 Å². The fraction of sp³-hybridized carbons (Fsp3) is 0.409. The molecule has 0 spiro atoms. The van der Waals surface area contributed by atoms with Crippen LogP contribution in [-0.4, -0.2) is 22.6 Å². The van der Waals surface area contributed by atoms with Crippen molar-refractivity contribution in [2.45, 2.75) is 52.5 Å². The highest BCUT2D eigenvalue weighted by molar-refractivity contribution is 7.17. The Morgan fingerprint density at radius 3 is 2.57 bits per heavy atom. The lowest BCUT2D eigenvalue weighted by molar-refractivity contribution is -0.140. The molecule has 1 aromatic carbocycles. The quantitative estimate of drug-likeness (QED) is 0.538. The summed E-state index contributed by atoms with van der Waals surface area (Å²) >= 11 is 1.51. The summed E-state index contributed by atoms with van der Waals surface area (Å²) in [6.45, 7) is 6.78. The summed E-state index contributed by atoms with van der Waals surface area (Å²) in [7, 11) is 1.38. The standard InChI is InChI=1S/C22H26N2O3S/c1-5-18-23-21-20(22(26)24(18)12-6-7-19(25)27-4)17(13-28-21)16-10-8-15(9-11-16)14(2)3/h8-11,13-14H,5-7,12H2,1-4H3. The second kappa shape index (κ2) is 8.69. The molecule has 2 aromatic heterocycles. The highest BCUT2D eigenvalue weighted by atomic mass is 32.1. The van der Waals surface area contributed by atoms with E-state index in [-0.39, 0.29) is 17.9 Å². The lowest BCUT2D eigenvalue weighted by Crippen LogP contribution is -2.25. The minimum atomic E-state index is -0.262. The number of aromatic nitrogens is 2. The molecule has 0 aliphatic rings. The largest absolute Gasteiger partial charge is 0.469 e. The topological polar surface area (TPSA) is 61.2 Å². The van der Waals surface area contributed by atoms with Gasteiger partial charge in [-0.05, 0) is 23.5 Å². The lowest BCUT2D eigenvalue weighted by Gasteiger charge is -2.12. The number of benzene rings is 1. The molecule has 0 saturated carbocycles. The number of ether oxygens (including phenoxy) is 1. The van der Waals surface area contributed by atoms with Crippen molar-refractivity contribution in [3.05, 3.63) is 51.4 Å². The maximum atomic E-state index is 13.3. The van der Waals surface area contributed by atoms with Gasteiger partial charge in [0.25, 0.3) is 5.56 Å². The first-order chi connectivity index (χ1) is 13.5. The van der Waals surface area contributed by atoms with E-state index in [2.05, 4.69) is 38.1 Å². The van der Waals surface area contributed by atoms with Crippen LogP contribution in [0.5, 0.6) is 0 Å². The maximum Gasteiger partial charge on any atom is 0.305 e. The maximum absolute atomic E-state index is 13.3. The average Bonchev–Trinajstić information content (AvgIpc) is 3.13. The van der Waals surface area contributed by atoms with Crippen LogP contribution in [0.1, 0.15) is 50.9 Å². The number of rotatable bonds is 7. The number of hydrogen-bond donors (Lipinski definition) is 0. The van der Waals surface area contributed by atoms with Crippen LogP contribution >= 0.6 is 11.3 Å². The molecule has 5 nitrogen and oxygen atoms in total. The highest BCUT2D eigenvalue weighted by Crippen LogP contribution is 2.32. The van der Waals surface area contributed by atoms with Gasteiger partial charge >= 0.3 is 5.97 Å². The Labute approximate surface area is 169 Å². The number of methoxy groups -OCH3 is 1. The fourth-order valence-corrected chi connectivity index (χ4v) is 4.27. The van der Waals surface area contributed by atoms with E-state index in [1.807, 2.05) is 12.3 Å². The number of aryl methyl sites for hydroxylation is 1. The van der Waals surface area contributed by atoms with Crippen LogP contribution < -0.4 is 5.56 Å². The van der Waals surface area contributed by atoms with Crippen LogP contribution in [0, 0.1) is 0 Å². The van der Waals surface area contributed by atoms with Crippen molar-refractivity contribution in [3.63, 3.8) is 0 Å². The van der Waals surface area contributed by atoms with Gasteiger partial charge in [-0.1, -0.05) is 45.0 Å². The molecule has 6 heteroatoms. The van der Waals surface area contributed by atoms with Gasteiger partial charge in [0.2, 0.25) is 0 Å². The van der Waals surface area contributed by atoms with Gasteiger partial charge in [0.05, 0.1) is 12.5 Å². The average molecular weight is 399 g/mol. The second-order valence-corrected chi connectivity index (χ2v) is 7.98. The first-order valence-corrected chi connectivity index (χ1v) is 10.5. The summed E-state index contributed by atoms with van der Waals surface area (Å²) in [5, 5.41) is 2.68. The zero-order valence-electron chi connectivity index (χ0n) is 16.8. The normalized spacial score (nSPS) is 11.3. The van der Waals surface area contributed by atoms with Crippen LogP contribution in [0.2, 0.25) is 0 Å². The Hall–Kier alpha value is -2.47. The lowest BCUT2D eigenvalue weighted by atomic mass is 9.99. The van der Waals surface area contributed by atoms with Crippen LogP contribution in [0.25, 0.3) is 21.3 Å². The SMILES string of the molecule is CCc1nc2scc(-c3ccc(C(C)C)cc3)c2c(=O)n1CCCC(=O)OC. The number of esters is 1. The van der Waals surface area contributed by atoms with E-state index in [4.69, 9.17) is 9.72 Å². The van der Waals surface area contributed by atoms with Crippen molar-refractivity contribution >= 4 is 27.5 Å². The van der Waals surface area contributed by atoms with E-state index in [1.54, 1.807) is 4.57 Å². The Morgan fingerprint density at radius 2 is 1.96 bits per heavy atom. The molecule has 2 heterocycles. The minimum Gasteiger partial charge on any atom is -0.469 e. The van der Waals surface area contributed by atoms with Crippen LogP contribution in [0.4, 0.5) is 0 Å². The number of fused-ring (bicyclic) bond motifs is 1. The predicted molar refractivity (Wildman–Crippen MR) is 114 cm³/mol. The summed E-state index contributed by atoms with van der Waals surface area (Å²) in [5.74, 6) is 0.960. The van der Waals surface area contributed by atoms with Crippen LogP contribution in [0.15, 0.2) is 34.4 Å². The Morgan fingerprint density at radius 1 is 1.25 bits per heavy atom. The first kappa shape index (κ1) is 20.3. The second-order valence-electron chi connectivity index (χ2n) is 7.12. The molecule has 28 heavy (non-hydrogen) atoms. The Balaban J connectivity index is 2.03. The number of thiophene rings is 1. The van der Waals surface area contributed by atoms with E-state index in [0.717, 1.165) is 21.8 Å². The number of hydrogen-bond acceptors (Lipinski definition) is 5. The van der Waals surface area contributed by atoms with E-state index in [0.29, 0.717) is 30.7 Å². The van der Waals surface area contributed by atoms with Crippen molar-refractivity contribution < 1.29 is 9.53 Å². The molecule has 0 aliphatic carbocycles. The molecular formula is C22H26N2O3S. The minimum absolute atomic E-state index is 0.0316. The molecule has 0 atom stereocenters. The Bertz CT molecular complexity index is 1030. The highest BCUT2D eigenvalue weighted by Gasteiger charge is 2.17. The summed E-state index contributed by atoms with van der Waals surface area (Å²) in [6.07, 6.45) is 1.51. The van der Waals surface area contributed by atoms with Crippen molar-refractivity contribution in [2.24, 2.45) is 0 Å². The molecule has 0 radical (unpaired) electrons. The van der Waals surface area contributed by atoms with Gasteiger partial charge in [0.1, 0.15) is 10.7 Å². The van der Waals surface area contributed by atoms with Gasteiger partial charge in [0, 0.05) is 30.3 Å². The molecule has 148 valence electrons. The molecule has 0 unspecified atom stereocenters. The van der Waals surface area contributed by atoms with Crippen molar-refractivity contribution in [1.29, 1.82) is 0 Å². The summed E-state index contributed by atoms with van der Waals surface area (Å²) < 4.78 is 6.41. The fourth-order valence-electron chi connectivity index (χ4n) is 3.31. The van der Waals surface area contributed by atoms with E-state index >= 15 is 0 Å². The summed E-state index contributed by atoms with van der Waals surface area (Å²) in [5.41, 5.74) is 3.20. The third-order valence-corrected chi connectivity index (χ3v) is 5.84. The molecule has 0 bridgehead atoms. The van der Waals surface area contributed by atoms with Gasteiger partial charge in [0.15, 0.2) is 0 Å². The molecule has 3 aromatic rings. The van der Waals surface area contributed by atoms with Gasteiger partial charge in [-0.25, -0.2) is 4.98 Å². The smallest absolute Gasteiger partial charge is 0.305 e. The monoisotopic (exact) mass is 398 g/mol. The number of nitrogens with zero attached hydrogens (tertiary/aromatic N) is 2.